The van der Waals surface area contributed by atoms with Gasteiger partial charge in [0.05, 0.1) is 36.2 Å². The van der Waals surface area contributed by atoms with Crippen LogP contribution in [0.5, 0.6) is 5.75 Å². The van der Waals surface area contributed by atoms with Gasteiger partial charge in [0.1, 0.15) is 5.75 Å². The van der Waals surface area contributed by atoms with Crippen LogP contribution in [0.25, 0.3) is 10.2 Å². The zero-order chi connectivity index (χ0) is 24.4. The Morgan fingerprint density at radius 3 is 2.63 bits per heavy atom. The van der Waals surface area contributed by atoms with E-state index < -0.39 is 0 Å². The lowest BCUT2D eigenvalue weighted by molar-refractivity contribution is -0.121. The smallest absolute Gasteiger partial charge is 0.260 e. The Kier molecular flexibility index (Phi) is 6.76. The van der Waals surface area contributed by atoms with E-state index in [1.165, 1.54) is 16.2 Å². The van der Waals surface area contributed by atoms with Crippen LogP contribution in [0.4, 0.5) is 10.8 Å². The van der Waals surface area contributed by atoms with Gasteiger partial charge in [-0.15, -0.1) is 0 Å². The minimum atomic E-state index is -0.246. The van der Waals surface area contributed by atoms with Crippen molar-refractivity contribution in [2.24, 2.45) is 0 Å². The monoisotopic (exact) mass is 494 g/mol. The molecule has 0 bridgehead atoms. The number of anilines is 2. The van der Waals surface area contributed by atoms with E-state index in [1.54, 1.807) is 36.3 Å². The third-order valence-corrected chi connectivity index (χ3v) is 7.25. The van der Waals surface area contributed by atoms with Gasteiger partial charge in [0.25, 0.3) is 5.91 Å². The Balaban J connectivity index is 1.46. The normalized spacial score (nSPS) is 16.8. The van der Waals surface area contributed by atoms with Gasteiger partial charge in [-0.05, 0) is 36.4 Å². The van der Waals surface area contributed by atoms with Gasteiger partial charge in [-0.3, -0.25) is 29.1 Å². The number of nitrogens with zero attached hydrogens (tertiary/aromatic N) is 4. The molecule has 0 N–H and O–H groups in total. The Morgan fingerprint density at radius 1 is 1.11 bits per heavy atom. The minimum Gasteiger partial charge on any atom is -0.497 e. The molecule has 3 aromatic rings. The highest BCUT2D eigenvalue weighted by Crippen LogP contribution is 2.33. The first-order valence-electron chi connectivity index (χ1n) is 11.6. The van der Waals surface area contributed by atoms with Crippen molar-refractivity contribution in [3.63, 3.8) is 0 Å². The molecule has 3 heterocycles. The molecule has 0 aliphatic carbocycles. The van der Waals surface area contributed by atoms with Gasteiger partial charge >= 0.3 is 0 Å². The third kappa shape index (κ3) is 4.90. The Labute approximate surface area is 206 Å². The molecule has 3 amide bonds. The summed E-state index contributed by atoms with van der Waals surface area (Å²) in [5.41, 5.74) is 1.61. The number of fused-ring (bicyclic) bond motifs is 1. The summed E-state index contributed by atoms with van der Waals surface area (Å²) >= 11 is 1.43. The van der Waals surface area contributed by atoms with Gasteiger partial charge in [-0.2, -0.15) is 0 Å². The third-order valence-electron chi connectivity index (χ3n) is 6.21. The molecule has 182 valence electrons. The molecular weight excluding hydrogens is 468 g/mol. The molecule has 10 heteroatoms. The molecule has 35 heavy (non-hydrogen) atoms. The second-order valence-electron chi connectivity index (χ2n) is 8.41. The number of hydrogen-bond acceptors (Lipinski definition) is 8. The van der Waals surface area contributed by atoms with Crippen LogP contribution < -0.4 is 14.5 Å². The molecule has 2 aliphatic rings. The first-order chi connectivity index (χ1) is 17.0. The van der Waals surface area contributed by atoms with Gasteiger partial charge in [-0.1, -0.05) is 17.4 Å². The van der Waals surface area contributed by atoms with Crippen molar-refractivity contribution in [1.82, 2.24) is 9.88 Å². The lowest BCUT2D eigenvalue weighted by Crippen LogP contribution is -2.43. The summed E-state index contributed by atoms with van der Waals surface area (Å²) in [6.07, 6.45) is 0.385. The summed E-state index contributed by atoms with van der Waals surface area (Å²) in [5.74, 6) is 0.00422. The highest BCUT2D eigenvalue weighted by atomic mass is 32.1. The maximum atomic E-state index is 13.8. The van der Waals surface area contributed by atoms with E-state index in [0.29, 0.717) is 42.7 Å². The number of thiazole rings is 1. The van der Waals surface area contributed by atoms with Crippen molar-refractivity contribution in [1.29, 1.82) is 0 Å². The Bertz CT molecular complexity index is 1250. The fourth-order valence-corrected chi connectivity index (χ4v) is 5.30. The van der Waals surface area contributed by atoms with Crippen molar-refractivity contribution in [2.45, 2.75) is 12.8 Å². The van der Waals surface area contributed by atoms with Crippen LogP contribution in [0.1, 0.15) is 23.2 Å². The molecule has 1 aromatic heterocycles. The van der Waals surface area contributed by atoms with Crippen molar-refractivity contribution in [3.05, 3.63) is 48.0 Å². The molecule has 0 spiro atoms. The minimum absolute atomic E-state index is 0.192. The summed E-state index contributed by atoms with van der Waals surface area (Å²) in [7, 11) is 1.62. The quantitative estimate of drug-likeness (QED) is 0.467. The van der Waals surface area contributed by atoms with E-state index in [4.69, 9.17) is 14.5 Å². The van der Waals surface area contributed by atoms with Gasteiger partial charge < -0.3 is 9.47 Å². The van der Waals surface area contributed by atoms with Crippen LogP contribution in [-0.4, -0.2) is 74.1 Å². The first kappa shape index (κ1) is 23.4. The van der Waals surface area contributed by atoms with Crippen LogP contribution in [-0.2, 0) is 14.3 Å². The molecule has 0 radical (unpaired) electrons. The van der Waals surface area contributed by atoms with Crippen molar-refractivity contribution < 1.29 is 23.9 Å². The predicted molar refractivity (Wildman–Crippen MR) is 133 cm³/mol. The lowest BCUT2D eigenvalue weighted by Gasteiger charge is -2.29. The fraction of sp³-hybridized carbons (Fsp3) is 0.360. The molecule has 2 aromatic carbocycles. The van der Waals surface area contributed by atoms with Gasteiger partial charge in [0.15, 0.2) is 5.13 Å². The van der Waals surface area contributed by atoms with Gasteiger partial charge in [0.2, 0.25) is 11.8 Å². The number of aromatic nitrogens is 1. The topological polar surface area (TPSA) is 92.3 Å². The summed E-state index contributed by atoms with van der Waals surface area (Å²) in [6, 6.07) is 12.3. The van der Waals surface area contributed by atoms with E-state index in [1.807, 2.05) is 18.2 Å². The maximum absolute atomic E-state index is 13.8. The molecule has 2 fully saturated rings. The van der Waals surface area contributed by atoms with E-state index in [9.17, 15) is 14.4 Å². The standard InChI is InChI=1S/C25H26N4O5S/c1-33-19-5-6-20-21(16-19)35-25(26-20)28(10-9-27-11-13-34-14-12-27)24(32)17-3-2-4-18(15-17)29-22(30)7-8-23(29)31/h2-6,15-16H,7-14H2,1H3. The summed E-state index contributed by atoms with van der Waals surface area (Å²) in [4.78, 5) is 48.1. The fourth-order valence-electron chi connectivity index (χ4n) is 4.28. The Hall–Kier alpha value is -3.34. The van der Waals surface area contributed by atoms with Crippen molar-refractivity contribution in [3.8, 4) is 5.75 Å². The number of rotatable bonds is 7. The van der Waals surface area contributed by atoms with E-state index >= 15 is 0 Å². The molecule has 2 saturated heterocycles. The van der Waals surface area contributed by atoms with Crippen LogP contribution >= 0.6 is 11.3 Å². The van der Waals surface area contributed by atoms with Crippen molar-refractivity contribution in [2.75, 3.05) is 56.3 Å². The van der Waals surface area contributed by atoms with Gasteiger partial charge in [-0.25, -0.2) is 4.98 Å². The molecule has 5 rings (SSSR count). The lowest BCUT2D eigenvalue weighted by atomic mass is 10.1. The molecule has 0 unspecified atom stereocenters. The number of carbonyl (C=O) groups is 3. The summed E-state index contributed by atoms with van der Waals surface area (Å²) in [6.45, 7) is 4.10. The average Bonchev–Trinajstić information content (AvgIpc) is 3.46. The SMILES string of the molecule is COc1ccc2nc(N(CCN3CCOCC3)C(=O)c3cccc(N4C(=O)CCC4=O)c3)sc2c1. The van der Waals surface area contributed by atoms with E-state index in [0.717, 1.165) is 29.1 Å². The molecule has 9 nitrogen and oxygen atoms in total. The number of ether oxygens (including phenoxy) is 2. The maximum Gasteiger partial charge on any atom is 0.260 e. The number of methoxy groups -OCH3 is 1. The van der Waals surface area contributed by atoms with Crippen LogP contribution in [0.15, 0.2) is 42.5 Å². The van der Waals surface area contributed by atoms with E-state index in [2.05, 4.69) is 4.90 Å². The summed E-state index contributed by atoms with van der Waals surface area (Å²) < 4.78 is 11.7. The number of benzene rings is 2. The zero-order valence-electron chi connectivity index (χ0n) is 19.4. The number of amides is 3. The zero-order valence-corrected chi connectivity index (χ0v) is 20.3. The Morgan fingerprint density at radius 2 is 1.89 bits per heavy atom. The predicted octanol–water partition coefficient (Wildman–Crippen LogP) is 2.94. The molecule has 2 aliphatic heterocycles. The van der Waals surface area contributed by atoms with E-state index in [-0.39, 0.29) is 30.6 Å². The summed E-state index contributed by atoms with van der Waals surface area (Å²) in [5, 5.41) is 0.588. The van der Waals surface area contributed by atoms with Gasteiger partial charge in [0, 0.05) is 44.6 Å². The van der Waals surface area contributed by atoms with Crippen LogP contribution in [0.2, 0.25) is 0 Å². The van der Waals surface area contributed by atoms with Crippen molar-refractivity contribution >= 4 is 50.1 Å². The second kappa shape index (κ2) is 10.1. The molecule has 0 atom stereocenters. The molecule has 0 saturated carbocycles. The van der Waals surface area contributed by atoms with Crippen LogP contribution in [0.3, 0.4) is 0 Å². The number of imide groups is 1. The average molecular weight is 495 g/mol. The number of morpholine rings is 1. The largest absolute Gasteiger partial charge is 0.497 e. The highest BCUT2D eigenvalue weighted by molar-refractivity contribution is 7.22. The first-order valence-corrected chi connectivity index (χ1v) is 12.4. The second-order valence-corrected chi connectivity index (χ2v) is 9.42. The molecular formula is C25H26N4O5S. The van der Waals surface area contributed by atoms with Crippen LogP contribution in [0, 0.1) is 0 Å². The number of hydrogen-bond donors (Lipinski definition) is 0. The highest BCUT2D eigenvalue weighted by Gasteiger charge is 2.31. The number of carbonyl (C=O) groups excluding carboxylic acids is 3.